The van der Waals surface area contributed by atoms with Crippen LogP contribution in [-0.2, 0) is 19.1 Å². The first-order valence-electron chi connectivity index (χ1n) is 12.5. The molecule has 10 atom stereocenters. The summed E-state index contributed by atoms with van der Waals surface area (Å²) in [6, 6.07) is 0. The minimum absolute atomic E-state index is 0.00231. The molecule has 0 aromatic heterocycles. The van der Waals surface area contributed by atoms with Crippen molar-refractivity contribution >= 4 is 11.9 Å². The minimum Gasteiger partial charge on any atom is -0.463 e. The Morgan fingerprint density at radius 1 is 0.968 bits per heavy atom. The molecule has 4 saturated carbocycles. The number of aliphatic hydroxyl groups is 1. The highest BCUT2D eigenvalue weighted by Gasteiger charge is 2.67. The Hall–Kier alpha value is -1.10. The Kier molecular flexibility index (Phi) is 5.76. The van der Waals surface area contributed by atoms with Crippen LogP contribution in [0.5, 0.6) is 0 Å². The fourth-order valence-electron chi connectivity index (χ4n) is 9.49. The number of rotatable bonds is 3. The van der Waals surface area contributed by atoms with Crippen LogP contribution >= 0.6 is 0 Å². The molecule has 1 N–H and O–H groups in total. The molecule has 0 unspecified atom stereocenters. The van der Waals surface area contributed by atoms with Gasteiger partial charge in [-0.25, -0.2) is 0 Å². The molecule has 0 heterocycles. The van der Waals surface area contributed by atoms with E-state index in [-0.39, 0.29) is 40.9 Å². The molecule has 4 aliphatic carbocycles. The number of esters is 2. The molecule has 0 saturated heterocycles. The molecule has 0 aliphatic heterocycles. The Morgan fingerprint density at radius 2 is 1.68 bits per heavy atom. The summed E-state index contributed by atoms with van der Waals surface area (Å²) in [6.07, 6.45) is 8.09. The van der Waals surface area contributed by atoms with E-state index >= 15 is 0 Å². The van der Waals surface area contributed by atoms with Gasteiger partial charge in [0.25, 0.3) is 0 Å². The van der Waals surface area contributed by atoms with Crippen LogP contribution in [-0.4, -0.2) is 34.9 Å². The summed E-state index contributed by atoms with van der Waals surface area (Å²) in [5.41, 5.74) is -0.655. The summed E-state index contributed by atoms with van der Waals surface area (Å²) in [5, 5.41) is 12.0. The van der Waals surface area contributed by atoms with E-state index in [0.717, 1.165) is 44.9 Å². The summed E-state index contributed by atoms with van der Waals surface area (Å²) >= 11 is 0. The summed E-state index contributed by atoms with van der Waals surface area (Å²) in [6.45, 7) is 11.9. The van der Waals surface area contributed by atoms with Crippen molar-refractivity contribution in [3.05, 3.63) is 0 Å². The molecule has 0 aromatic rings. The van der Waals surface area contributed by atoms with Crippen LogP contribution in [0.25, 0.3) is 0 Å². The first-order valence-corrected chi connectivity index (χ1v) is 12.5. The van der Waals surface area contributed by atoms with Crippen LogP contribution in [0.15, 0.2) is 0 Å². The fraction of sp³-hybridized carbons (Fsp3) is 0.923. The standard InChI is InChI=1S/C26H42O5/c1-15(30-16(2)27)21-9-10-22-20-8-7-18-13-19(31-17(3)28)11-12-24(18,4)23(20)26(6,29)14-25(21,22)5/h15,18-23,29H,7-14H2,1-6H3/t15-,18+,19-,20-,21-,22+,23+,24+,25+,26+/m1/s1. The maximum Gasteiger partial charge on any atom is 0.302 e. The summed E-state index contributed by atoms with van der Waals surface area (Å²) < 4.78 is 11.2. The van der Waals surface area contributed by atoms with Gasteiger partial charge < -0.3 is 14.6 Å². The van der Waals surface area contributed by atoms with Crippen LogP contribution in [0.1, 0.15) is 92.9 Å². The number of carbonyl (C=O) groups excluding carboxylic acids is 2. The lowest BCUT2D eigenvalue weighted by Crippen LogP contribution is -2.64. The first kappa shape index (κ1) is 23.1. The van der Waals surface area contributed by atoms with Crippen molar-refractivity contribution in [2.24, 2.45) is 40.4 Å². The summed E-state index contributed by atoms with van der Waals surface area (Å²) in [4.78, 5) is 23.1. The first-order chi connectivity index (χ1) is 14.4. The Balaban J connectivity index is 1.60. The van der Waals surface area contributed by atoms with Crippen LogP contribution in [0.4, 0.5) is 0 Å². The van der Waals surface area contributed by atoms with E-state index in [1.54, 1.807) is 0 Å². The third kappa shape index (κ3) is 3.73. The van der Waals surface area contributed by atoms with Crippen molar-refractivity contribution < 1.29 is 24.2 Å². The predicted molar refractivity (Wildman–Crippen MR) is 118 cm³/mol. The second kappa shape index (κ2) is 7.74. The largest absolute Gasteiger partial charge is 0.463 e. The molecule has 0 bridgehead atoms. The maximum absolute atomic E-state index is 12.0. The topological polar surface area (TPSA) is 72.8 Å². The van der Waals surface area contributed by atoms with Gasteiger partial charge in [0.15, 0.2) is 0 Å². The maximum atomic E-state index is 12.0. The lowest BCUT2D eigenvalue weighted by molar-refractivity contribution is -0.225. The van der Waals surface area contributed by atoms with E-state index in [1.165, 1.54) is 20.3 Å². The molecular formula is C26H42O5. The lowest BCUT2D eigenvalue weighted by Gasteiger charge is -2.65. The molecule has 0 aromatic carbocycles. The smallest absolute Gasteiger partial charge is 0.302 e. The minimum atomic E-state index is -0.740. The molecule has 4 fully saturated rings. The molecule has 176 valence electrons. The van der Waals surface area contributed by atoms with Crippen LogP contribution in [0, 0.1) is 40.4 Å². The molecule has 4 rings (SSSR count). The Labute approximate surface area is 187 Å². The highest BCUT2D eigenvalue weighted by atomic mass is 16.5. The van der Waals surface area contributed by atoms with Gasteiger partial charge in [-0.3, -0.25) is 9.59 Å². The van der Waals surface area contributed by atoms with E-state index in [0.29, 0.717) is 23.7 Å². The second-order valence-electron chi connectivity index (χ2n) is 12.1. The van der Waals surface area contributed by atoms with Crippen molar-refractivity contribution in [2.75, 3.05) is 0 Å². The molecule has 5 nitrogen and oxygen atoms in total. The third-order valence-corrected chi connectivity index (χ3v) is 10.1. The number of hydrogen-bond donors (Lipinski definition) is 1. The zero-order valence-electron chi connectivity index (χ0n) is 20.3. The van der Waals surface area contributed by atoms with Gasteiger partial charge in [0.2, 0.25) is 0 Å². The number of carbonyl (C=O) groups is 2. The number of fused-ring (bicyclic) bond motifs is 5. The van der Waals surface area contributed by atoms with Gasteiger partial charge in [-0.2, -0.15) is 0 Å². The number of hydrogen-bond acceptors (Lipinski definition) is 5. The lowest BCUT2D eigenvalue weighted by atomic mass is 9.41. The van der Waals surface area contributed by atoms with Crippen molar-refractivity contribution in [3.63, 3.8) is 0 Å². The van der Waals surface area contributed by atoms with Gasteiger partial charge in [-0.15, -0.1) is 0 Å². The highest BCUT2D eigenvalue weighted by molar-refractivity contribution is 5.66. The predicted octanol–water partition coefficient (Wildman–Crippen LogP) is 4.89. The van der Waals surface area contributed by atoms with Crippen LogP contribution in [0.2, 0.25) is 0 Å². The van der Waals surface area contributed by atoms with Gasteiger partial charge in [-0.1, -0.05) is 13.8 Å². The fourth-order valence-corrected chi connectivity index (χ4v) is 9.49. The highest BCUT2D eigenvalue weighted by Crippen LogP contribution is 2.70. The Bertz CT molecular complexity index is 731. The summed E-state index contributed by atoms with van der Waals surface area (Å²) in [7, 11) is 0. The quantitative estimate of drug-likeness (QED) is 0.640. The second-order valence-corrected chi connectivity index (χ2v) is 12.1. The van der Waals surface area contributed by atoms with Crippen molar-refractivity contribution in [3.8, 4) is 0 Å². The van der Waals surface area contributed by atoms with Gasteiger partial charge in [0.05, 0.1) is 5.60 Å². The van der Waals surface area contributed by atoms with Gasteiger partial charge in [0.1, 0.15) is 12.2 Å². The molecule has 4 aliphatic rings. The zero-order chi connectivity index (χ0) is 22.8. The zero-order valence-corrected chi connectivity index (χ0v) is 20.3. The van der Waals surface area contributed by atoms with Crippen molar-refractivity contribution in [1.82, 2.24) is 0 Å². The molecular weight excluding hydrogens is 392 g/mol. The monoisotopic (exact) mass is 434 g/mol. The molecule has 0 radical (unpaired) electrons. The van der Waals surface area contributed by atoms with E-state index < -0.39 is 5.60 Å². The van der Waals surface area contributed by atoms with Gasteiger partial charge in [-0.05, 0) is 99.7 Å². The Morgan fingerprint density at radius 3 is 2.32 bits per heavy atom. The summed E-state index contributed by atoms with van der Waals surface area (Å²) in [5.74, 6) is 1.77. The molecule has 5 heteroatoms. The van der Waals surface area contributed by atoms with E-state index in [1.807, 2.05) is 6.92 Å². The molecule has 0 amide bonds. The van der Waals surface area contributed by atoms with Crippen molar-refractivity contribution in [2.45, 2.75) is 111 Å². The van der Waals surface area contributed by atoms with Crippen LogP contribution < -0.4 is 0 Å². The average Bonchev–Trinajstić information content (AvgIpc) is 2.96. The van der Waals surface area contributed by atoms with Gasteiger partial charge in [0, 0.05) is 19.8 Å². The SMILES string of the molecule is CC(=O)O[C@@H]1CC[C@@]2(C)[C@@H](CC[C@@H]3[C@@H]4CC[C@H]([C@@H](C)OC(C)=O)[C@]4(C)C[C@](C)(O)[C@@H]32)C1. The molecule has 0 spiro atoms. The third-order valence-electron chi connectivity index (χ3n) is 10.1. The average molecular weight is 435 g/mol. The normalized spacial score (nSPS) is 49.9. The van der Waals surface area contributed by atoms with Gasteiger partial charge >= 0.3 is 11.9 Å². The van der Waals surface area contributed by atoms with Crippen molar-refractivity contribution in [1.29, 1.82) is 0 Å². The number of ether oxygens (including phenoxy) is 2. The van der Waals surface area contributed by atoms with E-state index in [2.05, 4.69) is 20.8 Å². The van der Waals surface area contributed by atoms with E-state index in [9.17, 15) is 14.7 Å². The molecule has 31 heavy (non-hydrogen) atoms. The van der Waals surface area contributed by atoms with Crippen LogP contribution in [0.3, 0.4) is 0 Å². The van der Waals surface area contributed by atoms with E-state index in [4.69, 9.17) is 9.47 Å².